The fraction of sp³-hybridized carbons (Fsp3) is 0.909. The van der Waals surface area contributed by atoms with E-state index in [9.17, 15) is 4.79 Å². The molecule has 16 heavy (non-hydrogen) atoms. The summed E-state index contributed by atoms with van der Waals surface area (Å²) in [6.45, 7) is 6.22. The predicted molar refractivity (Wildman–Crippen MR) is 64.8 cm³/mol. The summed E-state index contributed by atoms with van der Waals surface area (Å²) in [5, 5.41) is 6.28. The van der Waals surface area contributed by atoms with Crippen molar-refractivity contribution in [2.24, 2.45) is 11.3 Å². The number of ether oxygens (including phenoxy) is 1. The van der Waals surface area contributed by atoms with E-state index in [0.717, 1.165) is 45.7 Å². The van der Waals surface area contributed by atoms with E-state index < -0.39 is 0 Å². The minimum Gasteiger partial charge on any atom is -0.381 e. The Morgan fingerprint density at radius 2 is 2.44 bits per heavy atom. The van der Waals surface area contributed by atoms with Crippen LogP contribution in [0.3, 0.4) is 0 Å². The largest absolute Gasteiger partial charge is 0.381 e. The zero-order valence-corrected chi connectivity index (χ0v) is 10.6. The van der Waals surface area contributed by atoms with Crippen molar-refractivity contribution < 1.29 is 9.53 Å². The van der Waals surface area contributed by atoms with Crippen molar-refractivity contribution in [3.63, 3.8) is 0 Å². The van der Waals surface area contributed by atoms with Crippen LogP contribution in [0.2, 0.25) is 0 Å². The molecule has 4 nitrogen and oxygen atoms in total. The van der Waals surface area contributed by atoms with Crippen LogP contribution in [0, 0.1) is 11.3 Å². The lowest BCUT2D eigenvalue weighted by molar-refractivity contribution is -0.129. The zero-order chi connectivity index (χ0) is 10.7. The van der Waals surface area contributed by atoms with Crippen molar-refractivity contribution in [1.29, 1.82) is 0 Å². The molecule has 0 aromatic rings. The molecule has 0 spiro atoms. The number of hydrogen-bond donors (Lipinski definition) is 2. The SMILES string of the molecule is CC1(C(=O)NCC2CCOC2)CCNC1.Cl. The van der Waals surface area contributed by atoms with Gasteiger partial charge in [-0.2, -0.15) is 0 Å². The molecule has 2 rings (SSSR count). The number of hydrogen-bond acceptors (Lipinski definition) is 3. The van der Waals surface area contributed by atoms with Crippen molar-refractivity contribution in [1.82, 2.24) is 10.6 Å². The third-order valence-corrected chi connectivity index (χ3v) is 3.49. The first-order chi connectivity index (χ1) is 7.21. The summed E-state index contributed by atoms with van der Waals surface area (Å²) in [6, 6.07) is 0. The van der Waals surface area contributed by atoms with Crippen LogP contribution in [0.4, 0.5) is 0 Å². The average Bonchev–Trinajstić information content (AvgIpc) is 2.85. The van der Waals surface area contributed by atoms with E-state index in [4.69, 9.17) is 4.74 Å². The topological polar surface area (TPSA) is 50.4 Å². The molecule has 0 radical (unpaired) electrons. The summed E-state index contributed by atoms with van der Waals surface area (Å²) in [5.41, 5.74) is -0.195. The minimum absolute atomic E-state index is 0. The molecule has 2 heterocycles. The van der Waals surface area contributed by atoms with Gasteiger partial charge in [0.1, 0.15) is 0 Å². The molecular formula is C11H21ClN2O2. The van der Waals surface area contributed by atoms with Gasteiger partial charge < -0.3 is 15.4 Å². The number of amides is 1. The van der Waals surface area contributed by atoms with Gasteiger partial charge in [-0.25, -0.2) is 0 Å². The molecule has 0 aromatic heterocycles. The van der Waals surface area contributed by atoms with Crippen LogP contribution in [0.1, 0.15) is 19.8 Å². The van der Waals surface area contributed by atoms with Crippen molar-refractivity contribution in [2.75, 3.05) is 32.8 Å². The molecule has 5 heteroatoms. The van der Waals surface area contributed by atoms with E-state index in [1.165, 1.54) is 0 Å². The van der Waals surface area contributed by atoms with E-state index in [2.05, 4.69) is 10.6 Å². The van der Waals surface area contributed by atoms with Gasteiger partial charge in [0.15, 0.2) is 0 Å². The highest BCUT2D eigenvalue weighted by Gasteiger charge is 2.36. The third-order valence-electron chi connectivity index (χ3n) is 3.49. The molecular weight excluding hydrogens is 228 g/mol. The maximum Gasteiger partial charge on any atom is 0.227 e. The van der Waals surface area contributed by atoms with Crippen LogP contribution >= 0.6 is 12.4 Å². The molecule has 2 aliphatic rings. The smallest absolute Gasteiger partial charge is 0.227 e. The molecule has 0 aromatic carbocycles. The van der Waals surface area contributed by atoms with E-state index in [1.807, 2.05) is 6.92 Å². The molecule has 1 amide bonds. The van der Waals surface area contributed by atoms with Crippen LogP contribution in [0.15, 0.2) is 0 Å². The molecule has 2 atom stereocenters. The Morgan fingerprint density at radius 1 is 1.62 bits per heavy atom. The van der Waals surface area contributed by atoms with Crippen LogP contribution in [0.5, 0.6) is 0 Å². The maximum atomic E-state index is 11.9. The third kappa shape index (κ3) is 3.09. The van der Waals surface area contributed by atoms with Crippen LogP contribution < -0.4 is 10.6 Å². The van der Waals surface area contributed by atoms with Gasteiger partial charge >= 0.3 is 0 Å². The number of nitrogens with one attached hydrogen (secondary N) is 2. The van der Waals surface area contributed by atoms with Gasteiger partial charge in [0, 0.05) is 25.6 Å². The lowest BCUT2D eigenvalue weighted by Crippen LogP contribution is -2.42. The number of halogens is 1. The highest BCUT2D eigenvalue weighted by Crippen LogP contribution is 2.24. The van der Waals surface area contributed by atoms with Gasteiger partial charge in [0.05, 0.1) is 12.0 Å². The Labute approximate surface area is 103 Å². The second-order valence-corrected chi connectivity index (χ2v) is 4.93. The standard InChI is InChI=1S/C11H20N2O2.ClH/c1-11(3-4-12-8-11)10(14)13-6-9-2-5-15-7-9;/h9,12H,2-8H2,1H3,(H,13,14);1H. The fourth-order valence-corrected chi connectivity index (χ4v) is 2.21. The second-order valence-electron chi connectivity index (χ2n) is 4.93. The quantitative estimate of drug-likeness (QED) is 0.768. The Morgan fingerprint density at radius 3 is 3.00 bits per heavy atom. The number of rotatable bonds is 3. The van der Waals surface area contributed by atoms with Crippen LogP contribution in [-0.2, 0) is 9.53 Å². The summed E-state index contributed by atoms with van der Waals surface area (Å²) < 4.78 is 5.28. The molecule has 94 valence electrons. The van der Waals surface area contributed by atoms with Gasteiger partial charge in [-0.1, -0.05) is 0 Å². The normalized spacial score (nSPS) is 33.4. The van der Waals surface area contributed by atoms with Crippen molar-refractivity contribution in [3.8, 4) is 0 Å². The predicted octanol–water partition coefficient (Wildman–Crippen LogP) is 0.560. The lowest BCUT2D eigenvalue weighted by atomic mass is 9.88. The summed E-state index contributed by atoms with van der Waals surface area (Å²) in [5.74, 6) is 0.714. The minimum atomic E-state index is -0.195. The number of carbonyl (C=O) groups is 1. The number of carbonyl (C=O) groups excluding carboxylic acids is 1. The molecule has 2 unspecified atom stereocenters. The molecule has 0 saturated carbocycles. The first-order valence-electron chi connectivity index (χ1n) is 5.77. The lowest BCUT2D eigenvalue weighted by Gasteiger charge is -2.22. The van der Waals surface area contributed by atoms with Gasteiger partial charge in [0.25, 0.3) is 0 Å². The van der Waals surface area contributed by atoms with Gasteiger partial charge in [0.2, 0.25) is 5.91 Å². The van der Waals surface area contributed by atoms with Gasteiger partial charge in [-0.15, -0.1) is 12.4 Å². The maximum absolute atomic E-state index is 11.9. The molecule has 2 fully saturated rings. The molecule has 2 N–H and O–H groups in total. The van der Waals surface area contributed by atoms with Crippen LogP contribution in [-0.4, -0.2) is 38.8 Å². The van der Waals surface area contributed by atoms with E-state index in [0.29, 0.717) is 5.92 Å². The fourth-order valence-electron chi connectivity index (χ4n) is 2.21. The van der Waals surface area contributed by atoms with Crippen molar-refractivity contribution >= 4 is 18.3 Å². The Kier molecular flexibility index (Phi) is 5.02. The second kappa shape index (κ2) is 5.84. The van der Waals surface area contributed by atoms with Crippen LogP contribution in [0.25, 0.3) is 0 Å². The Hall–Kier alpha value is -0.320. The zero-order valence-electron chi connectivity index (χ0n) is 9.75. The first kappa shape index (κ1) is 13.7. The van der Waals surface area contributed by atoms with E-state index in [-0.39, 0.29) is 23.7 Å². The average molecular weight is 249 g/mol. The van der Waals surface area contributed by atoms with E-state index >= 15 is 0 Å². The summed E-state index contributed by atoms with van der Waals surface area (Å²) >= 11 is 0. The molecule has 0 bridgehead atoms. The summed E-state index contributed by atoms with van der Waals surface area (Å²) in [7, 11) is 0. The highest BCUT2D eigenvalue weighted by atomic mass is 35.5. The van der Waals surface area contributed by atoms with Gasteiger partial charge in [-0.05, 0) is 26.3 Å². The van der Waals surface area contributed by atoms with E-state index in [1.54, 1.807) is 0 Å². The Balaban J connectivity index is 0.00000128. The molecule has 2 aliphatic heterocycles. The molecule has 2 saturated heterocycles. The highest BCUT2D eigenvalue weighted by molar-refractivity contribution is 5.85. The van der Waals surface area contributed by atoms with Crippen molar-refractivity contribution in [3.05, 3.63) is 0 Å². The first-order valence-corrected chi connectivity index (χ1v) is 5.77. The molecule has 0 aliphatic carbocycles. The monoisotopic (exact) mass is 248 g/mol. The Bertz CT molecular complexity index is 236. The summed E-state index contributed by atoms with van der Waals surface area (Å²) in [6.07, 6.45) is 2.02. The van der Waals surface area contributed by atoms with Gasteiger partial charge in [-0.3, -0.25) is 4.79 Å². The van der Waals surface area contributed by atoms with Crippen molar-refractivity contribution in [2.45, 2.75) is 19.8 Å². The summed E-state index contributed by atoms with van der Waals surface area (Å²) in [4.78, 5) is 11.9.